The summed E-state index contributed by atoms with van der Waals surface area (Å²) in [5.74, 6) is 0.188. The summed E-state index contributed by atoms with van der Waals surface area (Å²) in [6.07, 6.45) is 6.60. The molecule has 25 heavy (non-hydrogen) atoms. The molecule has 1 saturated heterocycles. The first-order chi connectivity index (χ1) is 11.0. The number of carbonyl (C=O) groups excluding carboxylic acids is 2. The van der Waals surface area contributed by atoms with Gasteiger partial charge in [0.05, 0.1) is 0 Å². The van der Waals surface area contributed by atoms with E-state index in [1.165, 1.54) is 19.3 Å². The lowest BCUT2D eigenvalue weighted by Crippen LogP contribution is -2.47. The zero-order valence-corrected chi connectivity index (χ0v) is 16.9. The summed E-state index contributed by atoms with van der Waals surface area (Å²) >= 11 is 0. The maximum Gasteiger partial charge on any atom is 0.224 e. The van der Waals surface area contributed by atoms with Crippen molar-refractivity contribution >= 4 is 36.6 Å². The van der Waals surface area contributed by atoms with E-state index in [9.17, 15) is 9.59 Å². The van der Waals surface area contributed by atoms with Gasteiger partial charge in [-0.05, 0) is 31.8 Å². The van der Waals surface area contributed by atoms with E-state index in [0.717, 1.165) is 39.0 Å². The van der Waals surface area contributed by atoms with Crippen LogP contribution >= 0.6 is 24.8 Å². The molecule has 1 aliphatic carbocycles. The lowest BCUT2D eigenvalue weighted by atomic mass is 9.71. The van der Waals surface area contributed by atoms with Crippen molar-refractivity contribution in [2.75, 3.05) is 46.3 Å². The van der Waals surface area contributed by atoms with Crippen LogP contribution in [0.3, 0.4) is 0 Å². The number of rotatable bonds is 6. The third-order valence-electron chi connectivity index (χ3n) is 5.40. The Bertz CT molecular complexity index is 409. The summed E-state index contributed by atoms with van der Waals surface area (Å²) in [4.78, 5) is 28.4. The Morgan fingerprint density at radius 3 is 2.20 bits per heavy atom. The third-order valence-corrected chi connectivity index (χ3v) is 5.40. The van der Waals surface area contributed by atoms with Gasteiger partial charge >= 0.3 is 0 Å². The van der Waals surface area contributed by atoms with Gasteiger partial charge in [-0.25, -0.2) is 0 Å². The van der Waals surface area contributed by atoms with Crippen molar-refractivity contribution in [2.24, 2.45) is 11.1 Å². The summed E-state index contributed by atoms with van der Waals surface area (Å²) in [7, 11) is 2.07. The van der Waals surface area contributed by atoms with E-state index in [-0.39, 0.29) is 42.0 Å². The second-order valence-corrected chi connectivity index (χ2v) is 7.23. The van der Waals surface area contributed by atoms with Crippen LogP contribution in [0, 0.1) is 5.41 Å². The smallest absolute Gasteiger partial charge is 0.224 e. The quantitative estimate of drug-likeness (QED) is 0.711. The molecule has 0 aromatic rings. The average molecular weight is 397 g/mol. The molecule has 8 heteroatoms. The molecule has 0 spiro atoms. The van der Waals surface area contributed by atoms with E-state index in [0.29, 0.717) is 25.9 Å². The Morgan fingerprint density at radius 2 is 1.64 bits per heavy atom. The molecule has 1 saturated carbocycles. The molecule has 0 radical (unpaired) electrons. The number of nitrogens with one attached hydrogen (secondary N) is 1. The van der Waals surface area contributed by atoms with Gasteiger partial charge in [0.1, 0.15) is 0 Å². The maximum absolute atomic E-state index is 12.2. The highest BCUT2D eigenvalue weighted by atomic mass is 35.5. The van der Waals surface area contributed by atoms with Crippen LogP contribution in [0.1, 0.15) is 44.9 Å². The van der Waals surface area contributed by atoms with E-state index in [1.807, 2.05) is 4.90 Å². The number of hydrogen-bond acceptors (Lipinski definition) is 4. The molecule has 3 N–H and O–H groups in total. The molecule has 0 atom stereocenters. The zero-order chi connectivity index (χ0) is 16.7. The van der Waals surface area contributed by atoms with Crippen LogP contribution in [0.2, 0.25) is 0 Å². The molecular weight excluding hydrogens is 363 g/mol. The Balaban J connectivity index is 0.00000288. The summed E-state index contributed by atoms with van der Waals surface area (Å²) in [6, 6.07) is 0. The number of amides is 2. The molecule has 0 unspecified atom stereocenters. The van der Waals surface area contributed by atoms with Gasteiger partial charge in [-0.1, -0.05) is 19.3 Å². The molecule has 2 rings (SSSR count). The average Bonchev–Trinajstić information content (AvgIpc) is 2.56. The van der Waals surface area contributed by atoms with E-state index < -0.39 is 0 Å². The van der Waals surface area contributed by atoms with Crippen molar-refractivity contribution < 1.29 is 9.59 Å². The Morgan fingerprint density at radius 1 is 1.04 bits per heavy atom. The topological polar surface area (TPSA) is 78.7 Å². The number of halogens is 2. The molecule has 1 heterocycles. The number of hydrogen-bond donors (Lipinski definition) is 2. The highest BCUT2D eigenvalue weighted by molar-refractivity contribution is 5.85. The summed E-state index contributed by atoms with van der Waals surface area (Å²) in [5.41, 5.74) is 5.92. The Hall–Kier alpha value is -0.560. The number of likely N-dealkylation sites (N-methyl/N-ethyl adjacent to an activating group) is 1. The summed E-state index contributed by atoms with van der Waals surface area (Å²) < 4.78 is 0. The molecule has 1 aliphatic heterocycles. The standard InChI is InChI=1S/C17H32N4O2.2ClH/c1-20-9-11-21(12-10-20)16(23)5-8-19-15(22)13-17(14-18)6-3-2-4-7-17;;/h2-14,18H2,1H3,(H,19,22);2*1H. The second-order valence-electron chi connectivity index (χ2n) is 7.23. The number of nitrogens with zero attached hydrogens (tertiary/aromatic N) is 2. The largest absolute Gasteiger partial charge is 0.356 e. The Kier molecular flexibility index (Phi) is 11.7. The second kappa shape index (κ2) is 11.9. The van der Waals surface area contributed by atoms with Crippen molar-refractivity contribution in [1.82, 2.24) is 15.1 Å². The van der Waals surface area contributed by atoms with Crippen LogP contribution in [-0.4, -0.2) is 67.9 Å². The van der Waals surface area contributed by atoms with Crippen LogP contribution < -0.4 is 11.1 Å². The van der Waals surface area contributed by atoms with Gasteiger partial charge in [-0.15, -0.1) is 24.8 Å². The Labute approximate surface area is 164 Å². The van der Waals surface area contributed by atoms with Gasteiger partial charge in [0, 0.05) is 45.6 Å². The summed E-state index contributed by atoms with van der Waals surface area (Å²) in [6.45, 7) is 4.46. The van der Waals surface area contributed by atoms with E-state index in [2.05, 4.69) is 17.3 Å². The maximum atomic E-state index is 12.2. The fraction of sp³-hybridized carbons (Fsp3) is 0.882. The first-order valence-electron chi connectivity index (χ1n) is 8.98. The number of nitrogens with two attached hydrogens (primary N) is 1. The first kappa shape index (κ1) is 24.4. The predicted molar refractivity (Wildman–Crippen MR) is 105 cm³/mol. The molecule has 0 aromatic carbocycles. The molecule has 2 aliphatic rings. The summed E-state index contributed by atoms with van der Waals surface area (Å²) in [5, 5.41) is 2.92. The fourth-order valence-corrected chi connectivity index (χ4v) is 3.68. The minimum Gasteiger partial charge on any atom is -0.356 e. The molecular formula is C17H34Cl2N4O2. The van der Waals surface area contributed by atoms with Gasteiger partial charge in [-0.2, -0.15) is 0 Å². The van der Waals surface area contributed by atoms with Gasteiger partial charge < -0.3 is 20.9 Å². The van der Waals surface area contributed by atoms with Crippen molar-refractivity contribution in [3.8, 4) is 0 Å². The monoisotopic (exact) mass is 396 g/mol. The number of carbonyl (C=O) groups is 2. The first-order valence-corrected chi connectivity index (χ1v) is 8.98. The van der Waals surface area contributed by atoms with E-state index >= 15 is 0 Å². The van der Waals surface area contributed by atoms with Crippen LogP contribution in [0.15, 0.2) is 0 Å². The lowest BCUT2D eigenvalue weighted by molar-refractivity contribution is -0.132. The number of piperazine rings is 1. The van der Waals surface area contributed by atoms with Gasteiger partial charge in [-0.3, -0.25) is 9.59 Å². The van der Waals surface area contributed by atoms with E-state index in [1.54, 1.807) is 0 Å². The fourth-order valence-electron chi connectivity index (χ4n) is 3.68. The van der Waals surface area contributed by atoms with Crippen molar-refractivity contribution in [2.45, 2.75) is 44.9 Å². The molecule has 2 amide bonds. The lowest BCUT2D eigenvalue weighted by Gasteiger charge is -2.35. The predicted octanol–water partition coefficient (Wildman–Crippen LogP) is 1.41. The molecule has 6 nitrogen and oxygen atoms in total. The van der Waals surface area contributed by atoms with Crippen LogP contribution in [0.4, 0.5) is 0 Å². The molecule has 0 aromatic heterocycles. The third kappa shape index (κ3) is 7.69. The molecule has 148 valence electrons. The zero-order valence-electron chi connectivity index (χ0n) is 15.3. The molecule has 0 bridgehead atoms. The van der Waals surface area contributed by atoms with Crippen LogP contribution in [0.5, 0.6) is 0 Å². The van der Waals surface area contributed by atoms with Gasteiger partial charge in [0.25, 0.3) is 0 Å². The van der Waals surface area contributed by atoms with Gasteiger partial charge in [0.2, 0.25) is 11.8 Å². The minimum absolute atomic E-state index is 0. The highest BCUT2D eigenvalue weighted by Crippen LogP contribution is 2.38. The van der Waals surface area contributed by atoms with Crippen LogP contribution in [-0.2, 0) is 9.59 Å². The highest BCUT2D eigenvalue weighted by Gasteiger charge is 2.32. The van der Waals surface area contributed by atoms with Crippen molar-refractivity contribution in [3.63, 3.8) is 0 Å². The van der Waals surface area contributed by atoms with E-state index in [4.69, 9.17) is 5.73 Å². The van der Waals surface area contributed by atoms with Crippen molar-refractivity contribution in [3.05, 3.63) is 0 Å². The molecule has 2 fully saturated rings. The van der Waals surface area contributed by atoms with Crippen LogP contribution in [0.25, 0.3) is 0 Å². The SMILES string of the molecule is CN1CCN(C(=O)CCNC(=O)CC2(CN)CCCCC2)CC1.Cl.Cl. The van der Waals surface area contributed by atoms with Crippen molar-refractivity contribution in [1.29, 1.82) is 0 Å². The minimum atomic E-state index is -0.0101. The normalized spacial score (nSPS) is 20.2. The van der Waals surface area contributed by atoms with Gasteiger partial charge in [0.15, 0.2) is 0 Å².